The first kappa shape index (κ1) is 24.1. The molecule has 0 bridgehead atoms. The van der Waals surface area contributed by atoms with Gasteiger partial charge in [-0.1, -0.05) is 23.7 Å². The van der Waals surface area contributed by atoms with Crippen molar-refractivity contribution in [1.29, 1.82) is 0 Å². The lowest BCUT2D eigenvalue weighted by atomic mass is 9.88. The molecule has 0 radical (unpaired) electrons. The van der Waals surface area contributed by atoms with Crippen molar-refractivity contribution in [3.8, 4) is 0 Å². The minimum Gasteiger partial charge on any atom is -0.363 e. The Morgan fingerprint density at radius 3 is 2.53 bits per heavy atom. The number of nitrogens with one attached hydrogen (secondary N) is 1. The molecule has 6 nitrogen and oxygen atoms in total. The fraction of sp³-hybridized carbons (Fsp3) is 0.269. The smallest absolute Gasteiger partial charge is 0.294 e. The van der Waals surface area contributed by atoms with Crippen LogP contribution in [-0.2, 0) is 9.59 Å². The molecule has 2 aromatic rings. The summed E-state index contributed by atoms with van der Waals surface area (Å²) in [5.41, 5.74) is 4.72. The predicted octanol–water partition coefficient (Wildman–Crippen LogP) is 6.04. The molecule has 4 rings (SSSR count). The van der Waals surface area contributed by atoms with Crippen molar-refractivity contribution >= 4 is 63.4 Å². The molecule has 0 saturated carbocycles. The number of likely N-dealkylation sites (N-methyl/N-ethyl adjacent to an activating group) is 1. The molecule has 0 aromatic heterocycles. The van der Waals surface area contributed by atoms with Gasteiger partial charge in [-0.25, -0.2) is 0 Å². The van der Waals surface area contributed by atoms with E-state index in [9.17, 15) is 14.4 Å². The standard InChI is InChI=1S/C26H26ClN3O3S/c1-5-30-21-11-6-17(12-20(21)16(2)14-26(30,3)4)13-22-24(32)29(25(33)34-22)15-23(31)28-19-9-7-18(27)8-10-19/h6-14H,5,15H2,1-4H3,(H,28,31)/b22-13+. The molecule has 2 aliphatic rings. The highest BCUT2D eigenvalue weighted by atomic mass is 35.5. The van der Waals surface area contributed by atoms with Crippen LogP contribution in [0.3, 0.4) is 0 Å². The summed E-state index contributed by atoms with van der Waals surface area (Å²) in [6.07, 6.45) is 3.96. The normalized spacial score (nSPS) is 18.3. The van der Waals surface area contributed by atoms with Gasteiger partial charge in [-0.3, -0.25) is 19.3 Å². The zero-order chi connectivity index (χ0) is 24.6. The number of carbonyl (C=O) groups excluding carboxylic acids is 3. The van der Waals surface area contributed by atoms with E-state index in [1.54, 1.807) is 30.3 Å². The Labute approximate surface area is 208 Å². The van der Waals surface area contributed by atoms with Crippen LogP contribution >= 0.6 is 23.4 Å². The molecular formula is C26H26ClN3O3S. The summed E-state index contributed by atoms with van der Waals surface area (Å²) in [7, 11) is 0. The molecule has 8 heteroatoms. The number of thioether (sulfide) groups is 1. The van der Waals surface area contributed by atoms with Gasteiger partial charge in [0.2, 0.25) is 5.91 Å². The van der Waals surface area contributed by atoms with Gasteiger partial charge in [-0.15, -0.1) is 0 Å². The molecule has 0 unspecified atom stereocenters. The fourth-order valence-corrected chi connectivity index (χ4v) is 5.40. The Morgan fingerprint density at radius 2 is 1.85 bits per heavy atom. The number of carbonyl (C=O) groups is 3. The Balaban J connectivity index is 1.52. The molecule has 34 heavy (non-hydrogen) atoms. The van der Waals surface area contributed by atoms with Crippen LogP contribution in [0.4, 0.5) is 16.2 Å². The third-order valence-corrected chi connectivity index (χ3v) is 7.08. The molecule has 1 saturated heterocycles. The van der Waals surface area contributed by atoms with Gasteiger partial charge in [-0.2, -0.15) is 0 Å². The lowest BCUT2D eigenvalue weighted by Crippen LogP contribution is -2.44. The first-order chi connectivity index (χ1) is 16.1. The molecule has 0 atom stereocenters. The Kier molecular flexibility index (Phi) is 6.60. The van der Waals surface area contributed by atoms with Crippen LogP contribution in [0.25, 0.3) is 11.6 Å². The van der Waals surface area contributed by atoms with Crippen molar-refractivity contribution in [2.45, 2.75) is 33.2 Å². The van der Waals surface area contributed by atoms with Gasteiger partial charge in [0.1, 0.15) is 6.54 Å². The van der Waals surface area contributed by atoms with E-state index in [0.29, 0.717) is 15.6 Å². The van der Waals surface area contributed by atoms with E-state index >= 15 is 0 Å². The summed E-state index contributed by atoms with van der Waals surface area (Å²) < 4.78 is 0. The number of hydrogen-bond acceptors (Lipinski definition) is 5. The van der Waals surface area contributed by atoms with Gasteiger partial charge in [0.05, 0.1) is 10.4 Å². The van der Waals surface area contributed by atoms with Crippen molar-refractivity contribution in [3.63, 3.8) is 0 Å². The molecule has 3 amide bonds. The topological polar surface area (TPSA) is 69.7 Å². The number of halogens is 1. The molecule has 2 aromatic carbocycles. The number of amides is 3. The van der Waals surface area contributed by atoms with Crippen molar-refractivity contribution in [2.75, 3.05) is 23.3 Å². The minimum atomic E-state index is -0.470. The highest BCUT2D eigenvalue weighted by Crippen LogP contribution is 2.40. The second-order valence-electron chi connectivity index (χ2n) is 8.82. The molecule has 0 aliphatic carbocycles. The summed E-state index contributed by atoms with van der Waals surface area (Å²) in [4.78, 5) is 41.4. The second kappa shape index (κ2) is 9.31. The van der Waals surface area contributed by atoms with E-state index < -0.39 is 17.1 Å². The maximum atomic E-state index is 12.9. The molecule has 2 aliphatic heterocycles. The van der Waals surface area contributed by atoms with E-state index in [1.807, 2.05) is 12.1 Å². The Morgan fingerprint density at radius 1 is 1.15 bits per heavy atom. The summed E-state index contributed by atoms with van der Waals surface area (Å²) >= 11 is 6.70. The zero-order valence-electron chi connectivity index (χ0n) is 19.5. The van der Waals surface area contributed by atoms with Crippen LogP contribution < -0.4 is 10.2 Å². The van der Waals surface area contributed by atoms with E-state index in [2.05, 4.69) is 50.1 Å². The van der Waals surface area contributed by atoms with Gasteiger partial charge in [0, 0.05) is 28.5 Å². The van der Waals surface area contributed by atoms with Crippen LogP contribution in [0.2, 0.25) is 5.02 Å². The van der Waals surface area contributed by atoms with E-state index in [-0.39, 0.29) is 12.1 Å². The van der Waals surface area contributed by atoms with E-state index in [0.717, 1.165) is 40.0 Å². The summed E-state index contributed by atoms with van der Waals surface area (Å²) in [5.74, 6) is -0.926. The number of allylic oxidation sites excluding steroid dienone is 1. The third kappa shape index (κ3) is 4.76. The number of nitrogens with zero attached hydrogens (tertiary/aromatic N) is 2. The monoisotopic (exact) mass is 495 g/mol. The molecule has 1 N–H and O–H groups in total. The first-order valence-corrected chi connectivity index (χ1v) is 12.2. The number of fused-ring (bicyclic) bond motifs is 1. The number of hydrogen-bond donors (Lipinski definition) is 1. The SMILES string of the molecule is CCN1c2ccc(/C=C3/SC(=O)N(CC(=O)Nc4ccc(Cl)cc4)C3=O)cc2C(C)=CC1(C)C. The fourth-order valence-electron chi connectivity index (χ4n) is 4.43. The van der Waals surface area contributed by atoms with Crippen LogP contribution in [-0.4, -0.2) is 40.6 Å². The molecule has 176 valence electrons. The predicted molar refractivity (Wildman–Crippen MR) is 140 cm³/mol. The van der Waals surface area contributed by atoms with E-state index in [1.165, 1.54) is 5.57 Å². The number of imide groups is 1. The van der Waals surface area contributed by atoms with Gasteiger partial charge >= 0.3 is 0 Å². The highest BCUT2D eigenvalue weighted by Gasteiger charge is 2.36. The quantitative estimate of drug-likeness (QED) is 0.512. The average Bonchev–Trinajstić information content (AvgIpc) is 3.02. The Hall–Kier alpha value is -3.03. The average molecular weight is 496 g/mol. The maximum Gasteiger partial charge on any atom is 0.294 e. The molecule has 2 heterocycles. The van der Waals surface area contributed by atoms with Gasteiger partial charge in [0.15, 0.2) is 0 Å². The number of rotatable bonds is 5. The van der Waals surface area contributed by atoms with Crippen molar-refractivity contribution in [2.24, 2.45) is 0 Å². The largest absolute Gasteiger partial charge is 0.363 e. The lowest BCUT2D eigenvalue weighted by molar-refractivity contribution is -0.127. The molecule has 1 fully saturated rings. The van der Waals surface area contributed by atoms with Gasteiger partial charge < -0.3 is 10.2 Å². The minimum absolute atomic E-state index is 0.0808. The first-order valence-electron chi connectivity index (χ1n) is 11.0. The molecular weight excluding hydrogens is 470 g/mol. The Bertz CT molecular complexity index is 1230. The maximum absolute atomic E-state index is 12.9. The molecule has 0 spiro atoms. The van der Waals surface area contributed by atoms with Crippen LogP contribution in [0.1, 0.15) is 38.8 Å². The van der Waals surface area contributed by atoms with Crippen molar-refractivity contribution in [1.82, 2.24) is 4.90 Å². The number of anilines is 2. The summed E-state index contributed by atoms with van der Waals surface area (Å²) in [5, 5.41) is 2.76. The second-order valence-corrected chi connectivity index (χ2v) is 10.3. The van der Waals surface area contributed by atoms with Crippen molar-refractivity contribution in [3.05, 3.63) is 69.6 Å². The van der Waals surface area contributed by atoms with Crippen molar-refractivity contribution < 1.29 is 14.4 Å². The van der Waals surface area contributed by atoms with Crippen LogP contribution in [0.5, 0.6) is 0 Å². The summed E-state index contributed by atoms with van der Waals surface area (Å²) in [6.45, 7) is 9.13. The van der Waals surface area contributed by atoms with Gasteiger partial charge in [0.25, 0.3) is 11.1 Å². The summed E-state index contributed by atoms with van der Waals surface area (Å²) in [6, 6.07) is 12.7. The number of benzene rings is 2. The van der Waals surface area contributed by atoms with Gasteiger partial charge in [-0.05, 0) is 93.1 Å². The highest BCUT2D eigenvalue weighted by molar-refractivity contribution is 8.18. The van der Waals surface area contributed by atoms with Crippen LogP contribution in [0.15, 0.2) is 53.4 Å². The third-order valence-electron chi connectivity index (χ3n) is 5.92. The van der Waals surface area contributed by atoms with E-state index in [4.69, 9.17) is 11.6 Å². The lowest BCUT2D eigenvalue weighted by Gasteiger charge is -2.42. The zero-order valence-corrected chi connectivity index (χ0v) is 21.1. The van der Waals surface area contributed by atoms with Crippen LogP contribution in [0, 0.1) is 0 Å².